The van der Waals surface area contributed by atoms with Crippen LogP contribution in [0.4, 0.5) is 5.82 Å². The van der Waals surface area contributed by atoms with E-state index in [1.165, 1.54) is 0 Å². The minimum atomic E-state index is 0.760. The van der Waals surface area contributed by atoms with Crippen molar-refractivity contribution in [2.24, 2.45) is 7.05 Å². The molecule has 0 radical (unpaired) electrons. The Morgan fingerprint density at radius 3 is 2.60 bits per heavy atom. The van der Waals surface area contributed by atoms with Gasteiger partial charge in [-0.1, -0.05) is 6.07 Å². The Hall–Kier alpha value is -1.73. The number of aromatic nitrogens is 4. The highest BCUT2D eigenvalue weighted by Gasteiger charge is 2.18. The zero-order valence-corrected chi connectivity index (χ0v) is 12.3. The van der Waals surface area contributed by atoms with Gasteiger partial charge in [0.2, 0.25) is 0 Å². The molecule has 0 spiro atoms. The molecule has 0 amide bonds. The van der Waals surface area contributed by atoms with E-state index in [1.54, 1.807) is 6.33 Å². The lowest BCUT2D eigenvalue weighted by atomic mass is 10.3. The Morgan fingerprint density at radius 1 is 1.20 bits per heavy atom. The molecule has 106 valence electrons. The first-order valence-corrected chi connectivity index (χ1v) is 7.11. The van der Waals surface area contributed by atoms with E-state index in [9.17, 15) is 0 Å². The van der Waals surface area contributed by atoms with Crippen molar-refractivity contribution in [2.75, 3.05) is 31.1 Å². The summed E-state index contributed by atoms with van der Waals surface area (Å²) in [5.74, 6) is 1.06. The molecule has 0 unspecified atom stereocenters. The fourth-order valence-electron chi connectivity index (χ4n) is 2.37. The van der Waals surface area contributed by atoms with Crippen molar-refractivity contribution in [2.45, 2.75) is 6.67 Å². The van der Waals surface area contributed by atoms with Crippen molar-refractivity contribution in [3.63, 3.8) is 0 Å². The third-order valence-electron chi connectivity index (χ3n) is 3.57. The molecule has 0 N–H and O–H groups in total. The van der Waals surface area contributed by atoms with Crippen LogP contribution in [0.25, 0.3) is 0 Å². The summed E-state index contributed by atoms with van der Waals surface area (Å²) in [7, 11) is 1.92. The van der Waals surface area contributed by atoms with Crippen LogP contribution < -0.4 is 4.90 Å². The predicted molar refractivity (Wildman–Crippen MR) is 80.1 cm³/mol. The molecule has 0 aliphatic carbocycles. The normalized spacial score (nSPS) is 16.6. The molecule has 20 heavy (non-hydrogen) atoms. The molecule has 6 nitrogen and oxygen atoms in total. The second-order valence-electron chi connectivity index (χ2n) is 4.96. The molecule has 1 aliphatic heterocycles. The third-order valence-corrected chi connectivity index (χ3v) is 4.07. The van der Waals surface area contributed by atoms with Crippen LogP contribution in [-0.4, -0.2) is 50.4 Å². The molecule has 3 heterocycles. The Bertz CT molecular complexity index is 611. The molecule has 2 aromatic rings. The van der Waals surface area contributed by atoms with E-state index < -0.39 is 0 Å². The van der Waals surface area contributed by atoms with Crippen molar-refractivity contribution in [1.29, 1.82) is 0 Å². The van der Waals surface area contributed by atoms with Gasteiger partial charge in [-0.15, -0.1) is 0 Å². The summed E-state index contributed by atoms with van der Waals surface area (Å²) >= 11 is 5.31. The quantitative estimate of drug-likeness (QED) is 0.793. The van der Waals surface area contributed by atoms with Gasteiger partial charge in [-0.2, -0.15) is 5.10 Å². The van der Waals surface area contributed by atoms with E-state index in [1.807, 2.05) is 34.6 Å². The monoisotopic (exact) mass is 290 g/mol. The second-order valence-corrected chi connectivity index (χ2v) is 5.32. The maximum atomic E-state index is 5.31. The zero-order chi connectivity index (χ0) is 13.9. The van der Waals surface area contributed by atoms with Crippen LogP contribution in [0, 0.1) is 4.77 Å². The van der Waals surface area contributed by atoms with Gasteiger partial charge in [0.15, 0.2) is 4.77 Å². The van der Waals surface area contributed by atoms with E-state index in [0.717, 1.165) is 43.4 Å². The molecule has 1 aliphatic rings. The van der Waals surface area contributed by atoms with E-state index >= 15 is 0 Å². The fourth-order valence-corrected chi connectivity index (χ4v) is 2.52. The average molecular weight is 290 g/mol. The molecule has 0 aromatic carbocycles. The van der Waals surface area contributed by atoms with E-state index in [0.29, 0.717) is 0 Å². The van der Waals surface area contributed by atoms with Crippen molar-refractivity contribution in [1.82, 2.24) is 24.2 Å². The predicted octanol–water partition coefficient (Wildman–Crippen LogP) is 1.13. The summed E-state index contributed by atoms with van der Waals surface area (Å²) in [6, 6.07) is 6.04. The van der Waals surface area contributed by atoms with E-state index in [2.05, 4.69) is 25.9 Å². The number of hydrogen-bond donors (Lipinski definition) is 0. The summed E-state index contributed by atoms with van der Waals surface area (Å²) in [5, 5.41) is 4.29. The third kappa shape index (κ3) is 2.73. The van der Waals surface area contributed by atoms with Gasteiger partial charge in [0, 0.05) is 39.4 Å². The topological polar surface area (TPSA) is 42.1 Å². The number of hydrogen-bond acceptors (Lipinski definition) is 5. The van der Waals surface area contributed by atoms with Crippen LogP contribution >= 0.6 is 12.2 Å². The first-order valence-electron chi connectivity index (χ1n) is 6.71. The Labute approximate surface area is 123 Å². The van der Waals surface area contributed by atoms with Crippen molar-refractivity contribution >= 4 is 18.0 Å². The lowest BCUT2D eigenvalue weighted by Gasteiger charge is -2.35. The summed E-state index contributed by atoms with van der Waals surface area (Å²) in [6.45, 7) is 4.72. The molecule has 2 aromatic heterocycles. The number of rotatable bonds is 3. The minimum absolute atomic E-state index is 0.760. The second kappa shape index (κ2) is 5.72. The molecular weight excluding hydrogens is 272 g/mol. The van der Waals surface area contributed by atoms with Crippen molar-refractivity contribution in [3.05, 3.63) is 35.5 Å². The largest absolute Gasteiger partial charge is 0.354 e. The first-order chi connectivity index (χ1) is 9.74. The van der Waals surface area contributed by atoms with Gasteiger partial charge < -0.3 is 9.47 Å². The highest BCUT2D eigenvalue weighted by atomic mass is 32.1. The zero-order valence-electron chi connectivity index (χ0n) is 11.5. The van der Waals surface area contributed by atoms with Gasteiger partial charge in [0.25, 0.3) is 0 Å². The number of piperazine rings is 1. The van der Waals surface area contributed by atoms with Gasteiger partial charge in [0.05, 0.1) is 6.67 Å². The van der Waals surface area contributed by atoms with Crippen LogP contribution in [-0.2, 0) is 13.7 Å². The number of nitrogens with zero attached hydrogens (tertiary/aromatic N) is 6. The van der Waals surface area contributed by atoms with Gasteiger partial charge in [0.1, 0.15) is 12.1 Å². The molecule has 0 saturated carbocycles. The van der Waals surface area contributed by atoms with Gasteiger partial charge in [-0.3, -0.25) is 4.90 Å². The maximum absolute atomic E-state index is 5.31. The summed E-state index contributed by atoms with van der Waals surface area (Å²) < 4.78 is 4.49. The first kappa shape index (κ1) is 13.3. The highest BCUT2D eigenvalue weighted by Crippen LogP contribution is 2.12. The van der Waals surface area contributed by atoms with Crippen LogP contribution in [0.5, 0.6) is 0 Å². The highest BCUT2D eigenvalue weighted by molar-refractivity contribution is 7.71. The lowest BCUT2D eigenvalue weighted by molar-refractivity contribution is 0.194. The van der Waals surface area contributed by atoms with Crippen molar-refractivity contribution in [3.8, 4) is 0 Å². The van der Waals surface area contributed by atoms with E-state index in [-0.39, 0.29) is 0 Å². The smallest absolute Gasteiger partial charge is 0.198 e. The van der Waals surface area contributed by atoms with Crippen LogP contribution in [0.15, 0.2) is 30.7 Å². The molecule has 0 bridgehead atoms. The Morgan fingerprint density at radius 2 is 2.00 bits per heavy atom. The number of pyridine rings is 1. The number of aryl methyl sites for hydroxylation is 1. The maximum Gasteiger partial charge on any atom is 0.198 e. The fraction of sp³-hybridized carbons (Fsp3) is 0.462. The summed E-state index contributed by atoms with van der Waals surface area (Å²) in [5.41, 5.74) is 0. The molecule has 3 rings (SSSR count). The summed E-state index contributed by atoms with van der Waals surface area (Å²) in [6.07, 6.45) is 3.60. The molecule has 7 heteroatoms. The van der Waals surface area contributed by atoms with Crippen molar-refractivity contribution < 1.29 is 0 Å². The summed E-state index contributed by atoms with van der Waals surface area (Å²) in [4.78, 5) is 9.08. The standard InChI is InChI=1S/C13H18N6S/c1-16-10-15-19(13(16)20)11-17-6-8-18(9-7-17)12-4-2-3-5-14-12/h2-5,10H,6-9,11H2,1H3. The minimum Gasteiger partial charge on any atom is -0.354 e. The van der Waals surface area contributed by atoms with Gasteiger partial charge in [-0.05, 0) is 24.4 Å². The van der Waals surface area contributed by atoms with Crippen LogP contribution in [0.1, 0.15) is 0 Å². The molecule has 1 saturated heterocycles. The van der Waals surface area contributed by atoms with Crippen LogP contribution in [0.3, 0.4) is 0 Å². The number of anilines is 1. The SMILES string of the molecule is Cn1cnn(CN2CCN(c3ccccn3)CC2)c1=S. The average Bonchev–Trinajstić information content (AvgIpc) is 2.81. The van der Waals surface area contributed by atoms with E-state index in [4.69, 9.17) is 12.2 Å². The Kier molecular flexibility index (Phi) is 3.79. The van der Waals surface area contributed by atoms with Gasteiger partial charge in [-0.25, -0.2) is 9.67 Å². The van der Waals surface area contributed by atoms with Gasteiger partial charge >= 0.3 is 0 Å². The molecule has 1 fully saturated rings. The lowest BCUT2D eigenvalue weighted by Crippen LogP contribution is -2.47. The molecule has 0 atom stereocenters. The van der Waals surface area contributed by atoms with Crippen LogP contribution in [0.2, 0.25) is 0 Å². The Balaban J connectivity index is 1.59. The molecular formula is C13H18N6S.